The molecule has 26 heavy (non-hydrogen) atoms. The van der Waals surface area contributed by atoms with E-state index in [9.17, 15) is 9.50 Å². The Labute approximate surface area is 178 Å². The molecule has 0 unspecified atom stereocenters. The summed E-state index contributed by atoms with van der Waals surface area (Å²) in [6, 6.07) is 12.8. The summed E-state index contributed by atoms with van der Waals surface area (Å²) < 4.78 is 14.5. The van der Waals surface area contributed by atoms with Gasteiger partial charge in [0.1, 0.15) is 0 Å². The van der Waals surface area contributed by atoms with Crippen LogP contribution < -0.4 is 10.6 Å². The number of hydrogen-bond acceptors (Lipinski definition) is 2. The van der Waals surface area contributed by atoms with E-state index in [2.05, 4.69) is 49.8 Å². The fraction of sp³-hybridized carbons (Fsp3) is 0.316. The summed E-state index contributed by atoms with van der Waals surface area (Å²) >= 11 is 3.53. The average Bonchev–Trinajstić information content (AvgIpc) is 3.39. The Balaban J connectivity index is 0.00000243. The van der Waals surface area contributed by atoms with Gasteiger partial charge in [-0.3, -0.25) is 4.99 Å². The van der Waals surface area contributed by atoms with Gasteiger partial charge >= 0.3 is 0 Å². The van der Waals surface area contributed by atoms with Crippen LogP contribution in [0.3, 0.4) is 0 Å². The lowest BCUT2D eigenvalue weighted by Gasteiger charge is -2.19. The SMILES string of the molecule is CN=C(NCc1ccc(O)c(F)c1)NCC1(c2cccc(Br)c2)CC1.I. The number of aromatic hydroxyl groups is 1. The standard InChI is InChI=1S/C19H21BrFN3O.HI/c1-22-18(23-11-13-5-6-17(25)16(21)9-13)24-12-19(7-8-19)14-3-2-4-15(20)10-14;/h2-6,9-10,25H,7-8,11-12H2,1H3,(H2,22,23,24);1H. The summed E-state index contributed by atoms with van der Waals surface area (Å²) in [5.74, 6) is -0.278. The van der Waals surface area contributed by atoms with Crippen LogP contribution in [0.4, 0.5) is 4.39 Å². The Kier molecular flexibility index (Phi) is 7.28. The second-order valence-corrected chi connectivity index (χ2v) is 7.27. The highest BCUT2D eigenvalue weighted by Crippen LogP contribution is 2.48. The molecule has 1 saturated carbocycles. The number of aliphatic imine (C=N–C) groups is 1. The summed E-state index contributed by atoms with van der Waals surface area (Å²) in [4.78, 5) is 4.23. The van der Waals surface area contributed by atoms with E-state index in [1.165, 1.54) is 17.7 Å². The van der Waals surface area contributed by atoms with Gasteiger partial charge in [0.2, 0.25) is 0 Å². The van der Waals surface area contributed by atoms with Gasteiger partial charge in [-0.15, -0.1) is 24.0 Å². The molecule has 1 aliphatic carbocycles. The minimum Gasteiger partial charge on any atom is -0.505 e. The Hall–Kier alpha value is -1.35. The summed E-state index contributed by atoms with van der Waals surface area (Å²) in [7, 11) is 1.71. The summed E-state index contributed by atoms with van der Waals surface area (Å²) in [5, 5.41) is 15.8. The maximum atomic E-state index is 13.4. The van der Waals surface area contributed by atoms with Crippen LogP contribution in [0.15, 0.2) is 51.9 Å². The van der Waals surface area contributed by atoms with Gasteiger partial charge in [0.25, 0.3) is 0 Å². The van der Waals surface area contributed by atoms with Crippen molar-refractivity contribution < 1.29 is 9.50 Å². The van der Waals surface area contributed by atoms with Gasteiger partial charge in [-0.05, 0) is 48.2 Å². The van der Waals surface area contributed by atoms with Gasteiger partial charge in [-0.1, -0.05) is 34.1 Å². The van der Waals surface area contributed by atoms with Gasteiger partial charge < -0.3 is 15.7 Å². The first kappa shape index (κ1) is 21.0. The zero-order valence-corrected chi connectivity index (χ0v) is 18.3. The van der Waals surface area contributed by atoms with E-state index in [0.29, 0.717) is 12.5 Å². The lowest BCUT2D eigenvalue weighted by molar-refractivity contribution is 0.431. The molecule has 0 saturated heterocycles. The quantitative estimate of drug-likeness (QED) is 0.305. The van der Waals surface area contributed by atoms with Gasteiger partial charge in [-0.2, -0.15) is 0 Å². The van der Waals surface area contributed by atoms with Crippen LogP contribution in [0.1, 0.15) is 24.0 Å². The third-order valence-corrected chi connectivity index (χ3v) is 5.07. The molecule has 3 N–H and O–H groups in total. The molecular formula is C19H22BrFIN3O. The largest absolute Gasteiger partial charge is 0.505 e. The maximum Gasteiger partial charge on any atom is 0.191 e. The van der Waals surface area contributed by atoms with E-state index >= 15 is 0 Å². The molecule has 0 amide bonds. The van der Waals surface area contributed by atoms with E-state index < -0.39 is 5.82 Å². The van der Waals surface area contributed by atoms with Crippen molar-refractivity contribution in [2.75, 3.05) is 13.6 Å². The van der Waals surface area contributed by atoms with Crippen molar-refractivity contribution in [2.45, 2.75) is 24.8 Å². The molecular weight excluding hydrogens is 512 g/mol. The number of hydrogen-bond donors (Lipinski definition) is 3. The number of nitrogens with zero attached hydrogens (tertiary/aromatic N) is 1. The predicted molar refractivity (Wildman–Crippen MR) is 117 cm³/mol. The number of rotatable bonds is 5. The zero-order valence-electron chi connectivity index (χ0n) is 14.4. The first-order valence-corrected chi connectivity index (χ1v) is 9.00. The number of benzene rings is 2. The lowest BCUT2D eigenvalue weighted by atomic mass is 9.96. The highest BCUT2D eigenvalue weighted by Gasteiger charge is 2.44. The second kappa shape index (κ2) is 9.03. The third-order valence-electron chi connectivity index (χ3n) is 4.58. The van der Waals surface area contributed by atoms with Crippen molar-refractivity contribution in [2.24, 2.45) is 4.99 Å². The van der Waals surface area contributed by atoms with Crippen molar-refractivity contribution >= 4 is 45.9 Å². The highest BCUT2D eigenvalue weighted by molar-refractivity contribution is 14.0. The molecule has 0 aliphatic heterocycles. The number of phenols is 1. The van der Waals surface area contributed by atoms with Crippen LogP contribution in [0.25, 0.3) is 0 Å². The zero-order chi connectivity index (χ0) is 17.9. The Bertz CT molecular complexity index is 796. The summed E-state index contributed by atoms with van der Waals surface area (Å²) in [6.07, 6.45) is 2.30. The number of guanidine groups is 1. The van der Waals surface area contributed by atoms with Gasteiger partial charge in [-0.25, -0.2) is 4.39 Å². The fourth-order valence-corrected chi connectivity index (χ4v) is 3.26. The second-order valence-electron chi connectivity index (χ2n) is 6.36. The summed E-state index contributed by atoms with van der Waals surface area (Å²) in [6.45, 7) is 1.23. The molecule has 2 aromatic carbocycles. The highest BCUT2D eigenvalue weighted by atomic mass is 127. The minimum absolute atomic E-state index is 0. The Morgan fingerprint density at radius 2 is 2.00 bits per heavy atom. The number of phenolic OH excluding ortho intramolecular Hbond substituents is 1. The first-order valence-electron chi connectivity index (χ1n) is 8.20. The molecule has 0 bridgehead atoms. The smallest absolute Gasteiger partial charge is 0.191 e. The number of nitrogens with one attached hydrogen (secondary N) is 2. The third kappa shape index (κ3) is 5.09. The van der Waals surface area contributed by atoms with Gasteiger partial charge in [0.05, 0.1) is 0 Å². The van der Waals surface area contributed by atoms with Crippen molar-refractivity contribution in [1.82, 2.24) is 10.6 Å². The first-order chi connectivity index (χ1) is 12.0. The molecule has 1 fully saturated rings. The maximum absolute atomic E-state index is 13.4. The molecule has 4 nitrogen and oxygen atoms in total. The van der Waals surface area contributed by atoms with E-state index in [1.807, 2.05) is 6.07 Å². The van der Waals surface area contributed by atoms with E-state index in [-0.39, 0.29) is 35.1 Å². The van der Waals surface area contributed by atoms with Crippen LogP contribution in [0.2, 0.25) is 0 Å². The van der Waals surface area contributed by atoms with E-state index in [4.69, 9.17) is 0 Å². The molecule has 0 atom stereocenters. The van der Waals surface area contributed by atoms with E-state index in [0.717, 1.165) is 29.4 Å². The predicted octanol–water partition coefficient (Wildman–Crippen LogP) is 4.31. The van der Waals surface area contributed by atoms with Crippen molar-refractivity contribution in [1.29, 1.82) is 0 Å². The van der Waals surface area contributed by atoms with Crippen LogP contribution in [-0.4, -0.2) is 24.7 Å². The summed E-state index contributed by atoms with van der Waals surface area (Å²) in [5.41, 5.74) is 2.23. The molecule has 140 valence electrons. The average molecular weight is 534 g/mol. The molecule has 0 aromatic heterocycles. The minimum atomic E-state index is -0.617. The van der Waals surface area contributed by atoms with Crippen LogP contribution in [-0.2, 0) is 12.0 Å². The number of halogens is 3. The normalized spacial score (nSPS) is 15.1. The molecule has 7 heteroatoms. The van der Waals surface area contributed by atoms with Crippen molar-refractivity contribution in [3.63, 3.8) is 0 Å². The Morgan fingerprint density at radius 1 is 1.23 bits per heavy atom. The van der Waals surface area contributed by atoms with Crippen LogP contribution >= 0.6 is 39.9 Å². The molecule has 3 rings (SSSR count). The molecule has 1 aliphatic rings. The molecule has 2 aromatic rings. The van der Waals surface area contributed by atoms with Crippen LogP contribution in [0.5, 0.6) is 5.75 Å². The van der Waals surface area contributed by atoms with Crippen molar-refractivity contribution in [3.8, 4) is 5.75 Å². The van der Waals surface area contributed by atoms with Crippen LogP contribution in [0, 0.1) is 5.82 Å². The molecule has 0 radical (unpaired) electrons. The van der Waals surface area contributed by atoms with Gasteiger partial charge in [0.15, 0.2) is 17.5 Å². The fourth-order valence-electron chi connectivity index (χ4n) is 2.86. The van der Waals surface area contributed by atoms with Gasteiger partial charge in [0, 0.05) is 30.0 Å². The van der Waals surface area contributed by atoms with E-state index in [1.54, 1.807) is 13.1 Å². The Morgan fingerprint density at radius 3 is 2.62 bits per heavy atom. The molecule has 0 heterocycles. The lowest BCUT2D eigenvalue weighted by Crippen LogP contribution is -2.40. The topological polar surface area (TPSA) is 56.7 Å². The molecule has 0 spiro atoms. The monoisotopic (exact) mass is 533 g/mol. The van der Waals surface area contributed by atoms with Crippen molar-refractivity contribution in [3.05, 3.63) is 63.9 Å².